The fourth-order valence-electron chi connectivity index (χ4n) is 2.00. The van der Waals surface area contributed by atoms with Gasteiger partial charge in [-0.2, -0.15) is 0 Å². The van der Waals surface area contributed by atoms with Crippen LogP contribution in [0.3, 0.4) is 0 Å². The molecule has 0 aliphatic carbocycles. The second kappa shape index (κ2) is 20.9. The van der Waals surface area contributed by atoms with E-state index < -0.39 is 11.9 Å². The molecule has 0 aliphatic rings. The molecule has 0 saturated carbocycles. The zero-order chi connectivity index (χ0) is 19.0. The van der Waals surface area contributed by atoms with Gasteiger partial charge in [-0.3, -0.25) is 0 Å². The van der Waals surface area contributed by atoms with Crippen molar-refractivity contribution in [3.05, 3.63) is 71.8 Å². The number of benzene rings is 2. The topological polar surface area (TPSA) is 52.6 Å². The summed E-state index contributed by atoms with van der Waals surface area (Å²) in [6.07, 6.45) is 3.53. The van der Waals surface area contributed by atoms with Crippen molar-refractivity contribution in [2.24, 2.45) is 0 Å². The molecule has 2 radical (unpaired) electrons. The Balaban J connectivity index is 0. The normalized spacial score (nSPS) is 8.93. The minimum absolute atomic E-state index is 0. The molecule has 0 fully saturated rings. The molecule has 28 heavy (non-hydrogen) atoms. The summed E-state index contributed by atoms with van der Waals surface area (Å²) >= 11 is 0. The number of hydrogen-bond acceptors (Lipinski definition) is 4. The van der Waals surface area contributed by atoms with Crippen LogP contribution < -0.4 is 0 Å². The van der Waals surface area contributed by atoms with Crippen LogP contribution in [-0.2, 0) is 9.47 Å². The molecule has 6 heteroatoms. The minimum Gasteiger partial charge on any atom is -0.462 e. The first-order chi connectivity index (χ1) is 12.7. The van der Waals surface area contributed by atoms with Crippen molar-refractivity contribution in [1.82, 2.24) is 0 Å². The molecule has 0 bridgehead atoms. The molecule has 0 aromatic heterocycles. The second-order valence-electron chi connectivity index (χ2n) is 5.68. The van der Waals surface area contributed by atoms with Crippen molar-refractivity contribution in [1.29, 1.82) is 0 Å². The average molecular weight is 435 g/mol. The summed E-state index contributed by atoms with van der Waals surface area (Å²) in [5, 5.41) is 0. The predicted octanol–water partition coefficient (Wildman–Crippen LogP) is 4.53. The van der Waals surface area contributed by atoms with Gasteiger partial charge >= 0.3 is 11.9 Å². The molecule has 2 aromatic rings. The van der Waals surface area contributed by atoms with Crippen molar-refractivity contribution in [3.8, 4) is 0 Å². The predicted molar refractivity (Wildman–Crippen MR) is 115 cm³/mol. The zero-order valence-corrected chi connectivity index (χ0v) is 23.9. The van der Waals surface area contributed by atoms with E-state index in [0.29, 0.717) is 13.2 Å². The summed E-state index contributed by atoms with van der Waals surface area (Å²) < 4.78 is 10.3. The molecule has 4 nitrogen and oxygen atoms in total. The standard InChI is InChI=1S/C16H22O4.C6H6.2K/c1-3-5-11-19-15(17)13-9-7-8-10-14(13)16(18)20-12-6-4-2;1-2-4-6-5-3-1;;/h7-10H,3-6,11-12H2,1-2H3;1-6H;;. The summed E-state index contributed by atoms with van der Waals surface area (Å²) in [7, 11) is 0. The molecular formula is C22H28K2O4. The Kier molecular flexibility index (Phi) is 23.0. The van der Waals surface area contributed by atoms with Crippen LogP contribution in [0.4, 0.5) is 0 Å². The molecule has 0 spiro atoms. The number of esters is 2. The van der Waals surface area contributed by atoms with Crippen molar-refractivity contribution < 1.29 is 19.1 Å². The summed E-state index contributed by atoms with van der Waals surface area (Å²) in [5.74, 6) is -0.942. The third kappa shape index (κ3) is 13.8. The van der Waals surface area contributed by atoms with Gasteiger partial charge in [0, 0.05) is 103 Å². The van der Waals surface area contributed by atoms with Gasteiger partial charge in [0.25, 0.3) is 0 Å². The van der Waals surface area contributed by atoms with E-state index in [4.69, 9.17) is 9.47 Å². The van der Waals surface area contributed by atoms with Gasteiger partial charge < -0.3 is 9.47 Å². The molecular weight excluding hydrogens is 406 g/mol. The van der Waals surface area contributed by atoms with E-state index in [2.05, 4.69) is 0 Å². The van der Waals surface area contributed by atoms with E-state index in [1.807, 2.05) is 50.2 Å². The van der Waals surface area contributed by atoms with Gasteiger partial charge in [0.05, 0.1) is 24.3 Å². The van der Waals surface area contributed by atoms with E-state index in [1.54, 1.807) is 24.3 Å². The Morgan fingerprint density at radius 1 is 0.643 bits per heavy atom. The van der Waals surface area contributed by atoms with E-state index in [1.165, 1.54) is 0 Å². The number of unbranched alkanes of at least 4 members (excludes halogenated alkanes) is 2. The smallest absolute Gasteiger partial charge is 0.339 e. The number of carbonyl (C=O) groups is 2. The molecule has 0 amide bonds. The van der Waals surface area contributed by atoms with Crippen LogP contribution in [0.5, 0.6) is 0 Å². The third-order valence-electron chi connectivity index (χ3n) is 3.50. The molecule has 142 valence electrons. The number of hydrogen-bond donors (Lipinski definition) is 0. The number of ether oxygens (including phenoxy) is 2. The largest absolute Gasteiger partial charge is 0.462 e. The van der Waals surface area contributed by atoms with Crippen molar-refractivity contribution in [2.75, 3.05) is 13.2 Å². The van der Waals surface area contributed by atoms with Crippen LogP contribution in [0.1, 0.15) is 60.2 Å². The van der Waals surface area contributed by atoms with E-state index >= 15 is 0 Å². The summed E-state index contributed by atoms with van der Waals surface area (Å²) in [4.78, 5) is 23.9. The fourth-order valence-corrected chi connectivity index (χ4v) is 2.00. The van der Waals surface area contributed by atoms with Gasteiger partial charge in [0.15, 0.2) is 0 Å². The molecule has 0 heterocycles. The van der Waals surface area contributed by atoms with Crippen LogP contribution in [0.2, 0.25) is 0 Å². The van der Waals surface area contributed by atoms with Gasteiger partial charge in [-0.1, -0.05) is 75.2 Å². The first-order valence-electron chi connectivity index (χ1n) is 9.14. The maximum absolute atomic E-state index is 11.9. The zero-order valence-electron chi connectivity index (χ0n) is 17.6. The van der Waals surface area contributed by atoms with Crippen LogP contribution in [-0.4, -0.2) is 128 Å². The second-order valence-corrected chi connectivity index (χ2v) is 5.68. The van der Waals surface area contributed by atoms with E-state index in [9.17, 15) is 9.59 Å². The third-order valence-corrected chi connectivity index (χ3v) is 3.50. The molecule has 2 aromatic carbocycles. The van der Waals surface area contributed by atoms with Crippen LogP contribution >= 0.6 is 0 Å². The Bertz CT molecular complexity index is 580. The van der Waals surface area contributed by atoms with Crippen molar-refractivity contribution in [3.63, 3.8) is 0 Å². The summed E-state index contributed by atoms with van der Waals surface area (Å²) in [6, 6.07) is 18.6. The first-order valence-corrected chi connectivity index (χ1v) is 9.14. The van der Waals surface area contributed by atoms with Crippen LogP contribution in [0.15, 0.2) is 60.7 Å². The number of rotatable bonds is 8. The molecule has 0 saturated heterocycles. The van der Waals surface area contributed by atoms with Crippen LogP contribution in [0, 0.1) is 0 Å². The Hall–Kier alpha value is 0.653. The quantitative estimate of drug-likeness (QED) is 0.348. The van der Waals surface area contributed by atoms with Gasteiger partial charge in [-0.15, -0.1) is 0 Å². The van der Waals surface area contributed by atoms with Gasteiger partial charge in [0.1, 0.15) is 0 Å². The maximum atomic E-state index is 11.9. The molecule has 0 aliphatic heterocycles. The maximum Gasteiger partial charge on any atom is 0.339 e. The van der Waals surface area contributed by atoms with Gasteiger partial charge in [-0.25, -0.2) is 9.59 Å². The fraction of sp³-hybridized carbons (Fsp3) is 0.364. The van der Waals surface area contributed by atoms with E-state index in [0.717, 1.165) is 25.7 Å². The average Bonchev–Trinajstić information content (AvgIpc) is 2.70. The first kappa shape index (κ1) is 30.8. The van der Waals surface area contributed by atoms with Crippen LogP contribution in [0.25, 0.3) is 0 Å². The van der Waals surface area contributed by atoms with Gasteiger partial charge in [0.2, 0.25) is 0 Å². The Labute approximate surface area is 254 Å². The minimum atomic E-state index is -0.471. The van der Waals surface area contributed by atoms with Gasteiger partial charge in [-0.05, 0) is 25.0 Å². The van der Waals surface area contributed by atoms with E-state index in [-0.39, 0.29) is 114 Å². The SMILES string of the molecule is CCCCOC(=O)c1ccccc1C(=O)OCCCC.[K].[K].c1ccccc1. The molecule has 0 atom stereocenters. The van der Waals surface area contributed by atoms with Crippen molar-refractivity contribution >= 4 is 115 Å². The van der Waals surface area contributed by atoms with Crippen molar-refractivity contribution in [2.45, 2.75) is 39.5 Å². The molecule has 2 rings (SSSR count). The molecule has 0 N–H and O–H groups in total. The molecule has 0 unspecified atom stereocenters. The monoisotopic (exact) mass is 434 g/mol. The summed E-state index contributed by atoms with van der Waals surface area (Å²) in [5.41, 5.74) is 0.537. The Morgan fingerprint density at radius 3 is 1.25 bits per heavy atom. The summed E-state index contributed by atoms with van der Waals surface area (Å²) in [6.45, 7) is 4.78. The number of carbonyl (C=O) groups excluding carboxylic acids is 2. The Morgan fingerprint density at radius 2 is 0.964 bits per heavy atom.